The molecule has 0 saturated heterocycles. The first kappa shape index (κ1) is 21.7. The van der Waals surface area contributed by atoms with Crippen LogP contribution in [0.15, 0.2) is 23.2 Å². The number of thiazole rings is 1. The Kier molecular flexibility index (Phi) is 8.00. The summed E-state index contributed by atoms with van der Waals surface area (Å²) in [5.74, 6) is 0.255. The number of nitrogens with zero attached hydrogens (tertiary/aromatic N) is 2. The lowest BCUT2D eigenvalue weighted by Gasteiger charge is -2.20. The van der Waals surface area contributed by atoms with Crippen LogP contribution in [0.3, 0.4) is 0 Å². The lowest BCUT2D eigenvalue weighted by molar-refractivity contribution is -0.118. The van der Waals surface area contributed by atoms with E-state index in [4.69, 9.17) is 9.47 Å². The highest BCUT2D eigenvalue weighted by Gasteiger charge is 2.16. The number of benzene rings is 1. The molecule has 0 radical (unpaired) electrons. The zero-order chi connectivity index (χ0) is 20.6. The third-order valence-corrected chi connectivity index (χ3v) is 6.47. The number of ether oxygens (including phenoxy) is 2. The molecule has 158 valence electrons. The highest BCUT2D eigenvalue weighted by molar-refractivity contribution is 7.16. The molecule has 1 aromatic carbocycles. The quantitative estimate of drug-likeness (QED) is 0.599. The maximum Gasteiger partial charge on any atom is 0.338 e. The Hall–Kier alpha value is -1.99. The second kappa shape index (κ2) is 10.7. The Morgan fingerprint density at radius 2 is 2.03 bits per heavy atom. The van der Waals surface area contributed by atoms with Crippen molar-refractivity contribution in [2.45, 2.75) is 58.4 Å². The van der Waals surface area contributed by atoms with E-state index in [1.165, 1.54) is 43.4 Å². The fourth-order valence-electron chi connectivity index (χ4n) is 3.86. The fraction of sp³-hybridized carbons (Fsp3) is 0.591. The minimum atomic E-state index is -0.340. The van der Waals surface area contributed by atoms with E-state index >= 15 is 0 Å². The molecule has 1 aliphatic rings. The van der Waals surface area contributed by atoms with Crippen molar-refractivity contribution < 1.29 is 19.1 Å². The smallest absolute Gasteiger partial charge is 0.338 e. The van der Waals surface area contributed by atoms with Crippen LogP contribution in [0.25, 0.3) is 10.2 Å². The number of rotatable bonds is 8. The molecule has 0 spiro atoms. The predicted molar refractivity (Wildman–Crippen MR) is 114 cm³/mol. The van der Waals surface area contributed by atoms with E-state index < -0.39 is 0 Å². The summed E-state index contributed by atoms with van der Waals surface area (Å²) in [7, 11) is 1.65. The summed E-state index contributed by atoms with van der Waals surface area (Å²) in [6.07, 6.45) is 7.79. The zero-order valence-corrected chi connectivity index (χ0v) is 18.1. The molecule has 7 heteroatoms. The maximum atomic E-state index is 12.5. The van der Waals surface area contributed by atoms with E-state index in [9.17, 15) is 9.59 Å². The summed E-state index contributed by atoms with van der Waals surface area (Å²) in [6.45, 7) is 3.25. The van der Waals surface area contributed by atoms with Gasteiger partial charge in [-0.05, 0) is 37.5 Å². The summed E-state index contributed by atoms with van der Waals surface area (Å²) in [5.41, 5.74) is 1.45. The average molecular weight is 419 g/mol. The summed E-state index contributed by atoms with van der Waals surface area (Å²) in [6, 6.07) is 5.46. The number of fused-ring (bicyclic) bond motifs is 1. The molecule has 0 atom stereocenters. The summed E-state index contributed by atoms with van der Waals surface area (Å²) in [4.78, 5) is 29.7. The van der Waals surface area contributed by atoms with Gasteiger partial charge < -0.3 is 14.0 Å². The van der Waals surface area contributed by atoms with Crippen molar-refractivity contribution in [3.8, 4) is 0 Å². The molecule has 29 heavy (non-hydrogen) atoms. The second-order valence-electron chi connectivity index (χ2n) is 7.48. The van der Waals surface area contributed by atoms with Crippen molar-refractivity contribution in [3.63, 3.8) is 0 Å². The SMILES string of the molecule is CCOC(=O)c1ccc2c(c1)sc(=NC(=O)CCC1CCCCC1)n2CCOC. The van der Waals surface area contributed by atoms with Crippen LogP contribution in [0, 0.1) is 5.92 Å². The average Bonchev–Trinajstić information content (AvgIpc) is 3.07. The summed E-state index contributed by atoms with van der Waals surface area (Å²) >= 11 is 1.43. The van der Waals surface area contributed by atoms with Gasteiger partial charge in [0.1, 0.15) is 0 Å². The van der Waals surface area contributed by atoms with E-state index in [0.29, 0.717) is 42.5 Å². The van der Waals surface area contributed by atoms with E-state index in [1.807, 2.05) is 16.7 Å². The number of amides is 1. The van der Waals surface area contributed by atoms with Crippen LogP contribution in [0.2, 0.25) is 0 Å². The van der Waals surface area contributed by atoms with E-state index in [1.54, 1.807) is 20.1 Å². The third-order valence-electron chi connectivity index (χ3n) is 5.42. The Morgan fingerprint density at radius 3 is 2.76 bits per heavy atom. The minimum Gasteiger partial charge on any atom is -0.462 e. The first-order valence-corrected chi connectivity index (χ1v) is 11.3. The van der Waals surface area contributed by atoms with Crippen molar-refractivity contribution in [1.29, 1.82) is 0 Å². The fourth-order valence-corrected chi connectivity index (χ4v) is 4.98. The van der Waals surface area contributed by atoms with Crippen LogP contribution in [0.1, 0.15) is 62.2 Å². The van der Waals surface area contributed by atoms with Gasteiger partial charge in [-0.3, -0.25) is 4.79 Å². The molecule has 1 aromatic heterocycles. The summed E-state index contributed by atoms with van der Waals surface area (Å²) < 4.78 is 13.2. The molecule has 0 unspecified atom stereocenters. The predicted octanol–water partition coefficient (Wildman–Crippen LogP) is 4.31. The van der Waals surface area contributed by atoms with Gasteiger partial charge in [0.05, 0.1) is 29.0 Å². The van der Waals surface area contributed by atoms with Gasteiger partial charge in [-0.25, -0.2) is 4.79 Å². The molecule has 1 aliphatic carbocycles. The molecule has 1 saturated carbocycles. The Balaban J connectivity index is 1.84. The lowest BCUT2D eigenvalue weighted by atomic mass is 9.86. The molecule has 1 fully saturated rings. The first-order chi connectivity index (χ1) is 14.1. The Bertz CT molecular complexity index is 909. The van der Waals surface area contributed by atoms with Gasteiger partial charge in [-0.1, -0.05) is 43.4 Å². The molecule has 0 bridgehead atoms. The van der Waals surface area contributed by atoms with Crippen molar-refractivity contribution >= 4 is 33.4 Å². The number of hydrogen-bond donors (Lipinski definition) is 0. The largest absolute Gasteiger partial charge is 0.462 e. The number of carbonyl (C=O) groups excluding carboxylic acids is 2. The minimum absolute atomic E-state index is 0.0705. The van der Waals surface area contributed by atoms with E-state index in [-0.39, 0.29) is 11.9 Å². The highest BCUT2D eigenvalue weighted by atomic mass is 32.1. The molecule has 6 nitrogen and oxygen atoms in total. The van der Waals surface area contributed by atoms with Crippen LogP contribution in [0.5, 0.6) is 0 Å². The molecule has 1 heterocycles. The topological polar surface area (TPSA) is 69.9 Å². The molecule has 2 aromatic rings. The van der Waals surface area contributed by atoms with Crippen molar-refractivity contribution in [3.05, 3.63) is 28.6 Å². The van der Waals surface area contributed by atoms with Gasteiger partial charge >= 0.3 is 5.97 Å². The highest BCUT2D eigenvalue weighted by Crippen LogP contribution is 2.27. The maximum absolute atomic E-state index is 12.5. The Labute approximate surface area is 175 Å². The second-order valence-corrected chi connectivity index (χ2v) is 8.49. The van der Waals surface area contributed by atoms with Crippen molar-refractivity contribution in [2.24, 2.45) is 10.9 Å². The van der Waals surface area contributed by atoms with Crippen LogP contribution < -0.4 is 4.80 Å². The number of esters is 1. The van der Waals surface area contributed by atoms with E-state index in [0.717, 1.165) is 16.6 Å². The van der Waals surface area contributed by atoms with Crippen LogP contribution in [-0.2, 0) is 20.8 Å². The molecular formula is C22H30N2O4S. The monoisotopic (exact) mass is 418 g/mol. The first-order valence-electron chi connectivity index (χ1n) is 10.5. The standard InChI is InChI=1S/C22H30N2O4S/c1-3-28-21(26)17-10-11-18-19(15-17)29-22(24(18)13-14-27-2)23-20(25)12-9-16-7-5-4-6-8-16/h10-11,15-16H,3-9,12-14H2,1-2H3. The van der Waals surface area contributed by atoms with Crippen LogP contribution in [0.4, 0.5) is 0 Å². The van der Waals surface area contributed by atoms with Crippen molar-refractivity contribution in [1.82, 2.24) is 4.57 Å². The Morgan fingerprint density at radius 1 is 1.24 bits per heavy atom. The molecule has 0 N–H and O–H groups in total. The van der Waals surface area contributed by atoms with E-state index in [2.05, 4.69) is 4.99 Å². The lowest BCUT2D eigenvalue weighted by Crippen LogP contribution is -2.19. The van der Waals surface area contributed by atoms with Gasteiger partial charge in [0.2, 0.25) is 5.91 Å². The summed E-state index contributed by atoms with van der Waals surface area (Å²) in [5, 5.41) is 0. The zero-order valence-electron chi connectivity index (χ0n) is 17.3. The number of aromatic nitrogens is 1. The third kappa shape index (κ3) is 5.76. The number of methoxy groups -OCH3 is 1. The van der Waals surface area contributed by atoms with Crippen molar-refractivity contribution in [2.75, 3.05) is 20.3 Å². The number of carbonyl (C=O) groups is 2. The molecule has 3 rings (SSSR count). The van der Waals surface area contributed by atoms with Gasteiger partial charge in [0.15, 0.2) is 4.80 Å². The van der Waals surface area contributed by atoms with Crippen LogP contribution >= 0.6 is 11.3 Å². The van der Waals surface area contributed by atoms with Gasteiger partial charge in [-0.15, -0.1) is 0 Å². The molecule has 0 aliphatic heterocycles. The molecular weight excluding hydrogens is 388 g/mol. The van der Waals surface area contributed by atoms with Gasteiger partial charge in [-0.2, -0.15) is 4.99 Å². The number of hydrogen-bond acceptors (Lipinski definition) is 5. The van der Waals surface area contributed by atoms with Gasteiger partial charge in [0.25, 0.3) is 0 Å². The molecule has 1 amide bonds. The van der Waals surface area contributed by atoms with Crippen LogP contribution in [-0.4, -0.2) is 36.8 Å². The normalized spacial score (nSPS) is 15.7. The van der Waals surface area contributed by atoms with Gasteiger partial charge in [0, 0.05) is 20.1 Å².